The third kappa shape index (κ3) is 5.67. The predicted molar refractivity (Wildman–Crippen MR) is 103 cm³/mol. The summed E-state index contributed by atoms with van der Waals surface area (Å²) in [7, 11) is 0. The van der Waals surface area contributed by atoms with Gasteiger partial charge < -0.3 is 14.8 Å². The number of ether oxygens (including phenoxy) is 2. The van der Waals surface area contributed by atoms with E-state index in [1.807, 2.05) is 30.3 Å². The Bertz CT molecular complexity index is 942. The lowest BCUT2D eigenvalue weighted by atomic mass is 10.1. The molecule has 0 aromatic heterocycles. The van der Waals surface area contributed by atoms with Crippen molar-refractivity contribution in [2.45, 2.75) is 6.61 Å². The van der Waals surface area contributed by atoms with E-state index < -0.39 is 24.3 Å². The van der Waals surface area contributed by atoms with Gasteiger partial charge in [-0.3, -0.25) is 4.79 Å². The molecular weight excluding hydrogens is 361 g/mol. The highest BCUT2D eigenvalue weighted by Crippen LogP contribution is 2.13. The molecule has 0 aliphatic carbocycles. The molecule has 0 fully saturated rings. The van der Waals surface area contributed by atoms with Crippen LogP contribution in [0.4, 0.5) is 10.1 Å². The second-order valence-electron chi connectivity index (χ2n) is 5.93. The number of amides is 1. The molecule has 0 atom stereocenters. The van der Waals surface area contributed by atoms with Gasteiger partial charge in [-0.2, -0.15) is 0 Å². The minimum Gasteiger partial charge on any atom is -0.489 e. The Balaban J connectivity index is 1.47. The molecule has 0 saturated heterocycles. The molecule has 5 nitrogen and oxygen atoms in total. The molecule has 0 heterocycles. The molecule has 0 spiro atoms. The standard InChI is InChI=1S/C22H18FNO4/c23-18-5-4-6-19(13-18)24-21(25)15-28-22(26)17-11-9-16(10-12-17)14-27-20-7-2-1-3-8-20/h1-13H,14-15H2,(H,24,25). The number of hydrogen-bond donors (Lipinski definition) is 1. The highest BCUT2D eigenvalue weighted by Gasteiger charge is 2.11. The Hall–Kier alpha value is -3.67. The number of esters is 1. The summed E-state index contributed by atoms with van der Waals surface area (Å²) in [6, 6.07) is 21.6. The van der Waals surface area contributed by atoms with Gasteiger partial charge in [0.15, 0.2) is 6.61 Å². The van der Waals surface area contributed by atoms with E-state index in [1.165, 1.54) is 18.2 Å². The zero-order chi connectivity index (χ0) is 19.8. The Morgan fingerprint density at radius 1 is 0.893 bits per heavy atom. The van der Waals surface area contributed by atoms with Crippen LogP contribution in [0.2, 0.25) is 0 Å². The zero-order valence-electron chi connectivity index (χ0n) is 14.9. The Kier molecular flexibility index (Phi) is 6.36. The highest BCUT2D eigenvalue weighted by atomic mass is 19.1. The lowest BCUT2D eigenvalue weighted by molar-refractivity contribution is -0.119. The number of carbonyl (C=O) groups excluding carboxylic acids is 2. The minimum absolute atomic E-state index is 0.295. The van der Waals surface area contributed by atoms with Crippen LogP contribution in [-0.2, 0) is 16.1 Å². The number of rotatable bonds is 7. The average Bonchev–Trinajstić information content (AvgIpc) is 2.72. The maximum Gasteiger partial charge on any atom is 0.338 e. The van der Waals surface area contributed by atoms with Crippen LogP contribution in [-0.4, -0.2) is 18.5 Å². The molecule has 0 saturated carbocycles. The van der Waals surface area contributed by atoms with Crippen LogP contribution in [0, 0.1) is 5.82 Å². The van der Waals surface area contributed by atoms with Crippen molar-refractivity contribution < 1.29 is 23.5 Å². The van der Waals surface area contributed by atoms with Gasteiger partial charge >= 0.3 is 5.97 Å². The van der Waals surface area contributed by atoms with Crippen LogP contribution in [0.1, 0.15) is 15.9 Å². The summed E-state index contributed by atoms with van der Waals surface area (Å²) < 4.78 is 23.7. The summed E-state index contributed by atoms with van der Waals surface area (Å²) >= 11 is 0. The third-order valence-corrected chi connectivity index (χ3v) is 3.78. The predicted octanol–water partition coefficient (Wildman–Crippen LogP) is 4.20. The van der Waals surface area contributed by atoms with Gasteiger partial charge in [0.05, 0.1) is 5.56 Å². The molecule has 1 amide bonds. The Morgan fingerprint density at radius 3 is 2.36 bits per heavy atom. The second kappa shape index (κ2) is 9.32. The van der Waals surface area contributed by atoms with Crippen molar-refractivity contribution in [3.05, 3.63) is 95.8 Å². The van der Waals surface area contributed by atoms with Gasteiger partial charge in [0, 0.05) is 5.69 Å². The van der Waals surface area contributed by atoms with Gasteiger partial charge in [-0.25, -0.2) is 9.18 Å². The second-order valence-corrected chi connectivity index (χ2v) is 5.93. The molecule has 0 unspecified atom stereocenters. The fourth-order valence-electron chi connectivity index (χ4n) is 2.40. The third-order valence-electron chi connectivity index (χ3n) is 3.78. The molecular formula is C22H18FNO4. The Morgan fingerprint density at radius 2 is 1.64 bits per heavy atom. The van der Waals surface area contributed by atoms with E-state index in [2.05, 4.69) is 5.32 Å². The molecule has 142 valence electrons. The summed E-state index contributed by atoms with van der Waals surface area (Å²) in [6.07, 6.45) is 0. The number of benzene rings is 3. The fraction of sp³-hybridized carbons (Fsp3) is 0.0909. The summed E-state index contributed by atoms with van der Waals surface area (Å²) in [4.78, 5) is 23.9. The van der Waals surface area contributed by atoms with Gasteiger partial charge in [0.2, 0.25) is 0 Å². The number of para-hydroxylation sites is 1. The zero-order valence-corrected chi connectivity index (χ0v) is 14.9. The van der Waals surface area contributed by atoms with Crippen LogP contribution in [0.5, 0.6) is 5.75 Å². The van der Waals surface area contributed by atoms with E-state index in [4.69, 9.17) is 9.47 Å². The average molecular weight is 379 g/mol. The number of hydrogen-bond acceptors (Lipinski definition) is 4. The van der Waals surface area contributed by atoms with Crippen molar-refractivity contribution in [2.75, 3.05) is 11.9 Å². The molecule has 3 aromatic rings. The Labute approximate surface area is 161 Å². The van der Waals surface area contributed by atoms with Crippen LogP contribution in [0.15, 0.2) is 78.9 Å². The van der Waals surface area contributed by atoms with Crippen molar-refractivity contribution in [1.82, 2.24) is 0 Å². The SMILES string of the molecule is O=C(COC(=O)c1ccc(COc2ccccc2)cc1)Nc1cccc(F)c1. The number of anilines is 1. The van der Waals surface area contributed by atoms with Gasteiger partial charge in [-0.1, -0.05) is 36.4 Å². The molecule has 3 aromatic carbocycles. The molecule has 0 aliphatic rings. The van der Waals surface area contributed by atoms with Crippen molar-refractivity contribution in [2.24, 2.45) is 0 Å². The van der Waals surface area contributed by atoms with Crippen molar-refractivity contribution in [3.63, 3.8) is 0 Å². The van der Waals surface area contributed by atoms with Crippen LogP contribution >= 0.6 is 0 Å². The van der Waals surface area contributed by atoms with Crippen molar-refractivity contribution in [1.29, 1.82) is 0 Å². The first kappa shape index (κ1) is 19.1. The van der Waals surface area contributed by atoms with E-state index in [0.29, 0.717) is 17.9 Å². The van der Waals surface area contributed by atoms with Gasteiger partial charge in [-0.15, -0.1) is 0 Å². The molecule has 28 heavy (non-hydrogen) atoms. The quantitative estimate of drug-likeness (QED) is 0.625. The summed E-state index contributed by atoms with van der Waals surface area (Å²) in [5.41, 5.74) is 1.51. The van der Waals surface area contributed by atoms with Gasteiger partial charge in [-0.05, 0) is 48.0 Å². The number of nitrogens with one attached hydrogen (secondary N) is 1. The monoisotopic (exact) mass is 379 g/mol. The molecule has 1 N–H and O–H groups in total. The van der Waals surface area contributed by atoms with Gasteiger partial charge in [0.1, 0.15) is 18.2 Å². The van der Waals surface area contributed by atoms with E-state index in [1.54, 1.807) is 30.3 Å². The van der Waals surface area contributed by atoms with Crippen molar-refractivity contribution in [3.8, 4) is 5.75 Å². The van der Waals surface area contributed by atoms with Crippen LogP contribution < -0.4 is 10.1 Å². The molecule has 0 aliphatic heterocycles. The largest absolute Gasteiger partial charge is 0.489 e. The van der Waals surface area contributed by atoms with Crippen molar-refractivity contribution >= 4 is 17.6 Å². The fourth-order valence-corrected chi connectivity index (χ4v) is 2.40. The molecule has 3 rings (SSSR count). The molecule has 0 radical (unpaired) electrons. The topological polar surface area (TPSA) is 64.6 Å². The summed E-state index contributed by atoms with van der Waals surface area (Å²) in [5.74, 6) is -0.877. The first-order chi connectivity index (χ1) is 13.6. The van der Waals surface area contributed by atoms with Crippen LogP contribution in [0.25, 0.3) is 0 Å². The summed E-state index contributed by atoms with van der Waals surface area (Å²) in [6.45, 7) is -0.0937. The first-order valence-corrected chi connectivity index (χ1v) is 8.59. The lowest BCUT2D eigenvalue weighted by Gasteiger charge is -2.08. The smallest absolute Gasteiger partial charge is 0.338 e. The van der Waals surface area contributed by atoms with E-state index in [-0.39, 0.29) is 0 Å². The van der Waals surface area contributed by atoms with Gasteiger partial charge in [0.25, 0.3) is 5.91 Å². The molecule has 0 bridgehead atoms. The highest BCUT2D eigenvalue weighted by molar-refractivity contribution is 5.95. The number of halogens is 1. The minimum atomic E-state index is -0.620. The van der Waals surface area contributed by atoms with E-state index >= 15 is 0 Å². The first-order valence-electron chi connectivity index (χ1n) is 8.59. The lowest BCUT2D eigenvalue weighted by Crippen LogP contribution is -2.21. The molecule has 6 heteroatoms. The van der Waals surface area contributed by atoms with E-state index in [0.717, 1.165) is 11.3 Å². The summed E-state index contributed by atoms with van der Waals surface area (Å²) in [5, 5.41) is 2.46. The van der Waals surface area contributed by atoms with E-state index in [9.17, 15) is 14.0 Å². The normalized spacial score (nSPS) is 10.2. The maximum atomic E-state index is 13.1. The van der Waals surface area contributed by atoms with Crippen LogP contribution in [0.3, 0.4) is 0 Å². The number of carbonyl (C=O) groups is 2. The maximum absolute atomic E-state index is 13.1.